The summed E-state index contributed by atoms with van der Waals surface area (Å²) < 4.78 is 0. The van der Waals surface area contributed by atoms with Gasteiger partial charge in [-0.15, -0.1) is 0 Å². The summed E-state index contributed by atoms with van der Waals surface area (Å²) in [7, 11) is 0. The smallest absolute Gasteiger partial charge is 0.0656 e. The maximum atomic E-state index is 6.03. The lowest BCUT2D eigenvalue weighted by atomic mass is 9.95. The number of nitrogens with zero attached hydrogens (tertiary/aromatic N) is 1. The van der Waals surface area contributed by atoms with Crippen LogP contribution in [-0.4, -0.2) is 13.1 Å². The summed E-state index contributed by atoms with van der Waals surface area (Å²) in [6, 6.07) is 3.94. The summed E-state index contributed by atoms with van der Waals surface area (Å²) >= 11 is 6.03. The zero-order valence-electron chi connectivity index (χ0n) is 9.26. The van der Waals surface area contributed by atoms with Crippen LogP contribution >= 0.6 is 11.6 Å². The molecule has 1 saturated heterocycles. The molecule has 0 saturated carbocycles. The van der Waals surface area contributed by atoms with Crippen LogP contribution in [0.3, 0.4) is 0 Å². The van der Waals surface area contributed by atoms with Crippen molar-refractivity contribution >= 4 is 23.0 Å². The van der Waals surface area contributed by atoms with Crippen molar-refractivity contribution in [2.75, 3.05) is 23.7 Å². The van der Waals surface area contributed by atoms with Crippen LogP contribution in [0.25, 0.3) is 0 Å². The number of hydrogen-bond acceptors (Lipinski definition) is 2. The van der Waals surface area contributed by atoms with Gasteiger partial charge in [0, 0.05) is 18.8 Å². The molecule has 0 amide bonds. The van der Waals surface area contributed by atoms with Gasteiger partial charge in [0.05, 0.1) is 10.7 Å². The van der Waals surface area contributed by atoms with Crippen molar-refractivity contribution in [1.29, 1.82) is 0 Å². The number of nitrogens with two attached hydrogens (primary N) is 1. The molecule has 2 rings (SSSR count). The van der Waals surface area contributed by atoms with Crippen molar-refractivity contribution in [1.82, 2.24) is 0 Å². The fraction of sp³-hybridized carbons (Fsp3) is 0.500. The van der Waals surface area contributed by atoms with Crippen molar-refractivity contribution in [3.05, 3.63) is 22.7 Å². The molecule has 82 valence electrons. The van der Waals surface area contributed by atoms with Crippen LogP contribution in [0.2, 0.25) is 5.02 Å². The molecule has 0 bridgehead atoms. The largest absolute Gasteiger partial charge is 0.398 e. The molecule has 1 fully saturated rings. The van der Waals surface area contributed by atoms with E-state index in [0.29, 0.717) is 10.7 Å². The highest BCUT2D eigenvalue weighted by molar-refractivity contribution is 6.33. The minimum atomic E-state index is 0.663. The van der Waals surface area contributed by atoms with Gasteiger partial charge in [-0.3, -0.25) is 0 Å². The Hall–Kier alpha value is -0.890. The van der Waals surface area contributed by atoms with Crippen LogP contribution in [0.5, 0.6) is 0 Å². The Morgan fingerprint density at radius 3 is 2.73 bits per heavy atom. The SMILES string of the molecule is CCC1CN(c2cc(Cl)c(N)cc2C)C1. The summed E-state index contributed by atoms with van der Waals surface area (Å²) in [6.07, 6.45) is 1.26. The Labute approximate surface area is 96.0 Å². The number of halogens is 1. The summed E-state index contributed by atoms with van der Waals surface area (Å²) in [4.78, 5) is 2.37. The average Bonchev–Trinajstić information content (AvgIpc) is 2.12. The number of nitrogen functional groups attached to an aromatic ring is 1. The predicted molar refractivity (Wildman–Crippen MR) is 66.6 cm³/mol. The molecule has 0 atom stereocenters. The van der Waals surface area contributed by atoms with E-state index in [2.05, 4.69) is 18.7 Å². The Balaban J connectivity index is 2.19. The Bertz CT molecular complexity index is 370. The van der Waals surface area contributed by atoms with Crippen LogP contribution in [-0.2, 0) is 0 Å². The number of rotatable bonds is 2. The predicted octanol–water partition coefficient (Wildman–Crippen LogP) is 3.08. The molecule has 1 aliphatic heterocycles. The zero-order chi connectivity index (χ0) is 11.0. The summed E-state index contributed by atoms with van der Waals surface area (Å²) in [5.74, 6) is 0.848. The quantitative estimate of drug-likeness (QED) is 0.783. The Morgan fingerprint density at radius 1 is 1.47 bits per heavy atom. The van der Waals surface area contributed by atoms with Crippen molar-refractivity contribution in [2.24, 2.45) is 5.92 Å². The van der Waals surface area contributed by atoms with Crippen LogP contribution in [0.4, 0.5) is 11.4 Å². The van der Waals surface area contributed by atoms with E-state index in [-0.39, 0.29) is 0 Å². The monoisotopic (exact) mass is 224 g/mol. The number of anilines is 2. The molecule has 2 nitrogen and oxygen atoms in total. The first-order chi connectivity index (χ1) is 7.11. The van der Waals surface area contributed by atoms with E-state index in [1.807, 2.05) is 12.1 Å². The van der Waals surface area contributed by atoms with Gasteiger partial charge in [-0.1, -0.05) is 18.5 Å². The molecule has 0 radical (unpaired) electrons. The van der Waals surface area contributed by atoms with Crippen LogP contribution in [0.1, 0.15) is 18.9 Å². The third kappa shape index (κ3) is 1.91. The van der Waals surface area contributed by atoms with Crippen molar-refractivity contribution in [2.45, 2.75) is 20.3 Å². The highest BCUT2D eigenvalue weighted by Gasteiger charge is 2.26. The Morgan fingerprint density at radius 2 is 2.13 bits per heavy atom. The maximum absolute atomic E-state index is 6.03. The molecule has 0 spiro atoms. The average molecular weight is 225 g/mol. The molecule has 1 aliphatic rings. The molecule has 0 aromatic heterocycles. The normalized spacial score (nSPS) is 16.6. The number of aryl methyl sites for hydroxylation is 1. The second-order valence-electron chi connectivity index (χ2n) is 4.34. The van der Waals surface area contributed by atoms with Gasteiger partial charge in [-0.25, -0.2) is 0 Å². The summed E-state index contributed by atoms with van der Waals surface area (Å²) in [6.45, 7) is 6.63. The van der Waals surface area contributed by atoms with Gasteiger partial charge in [0.1, 0.15) is 0 Å². The first-order valence-corrected chi connectivity index (χ1v) is 5.80. The van der Waals surface area contributed by atoms with Crippen LogP contribution in [0, 0.1) is 12.8 Å². The molecule has 2 N–H and O–H groups in total. The first-order valence-electron chi connectivity index (χ1n) is 5.42. The second-order valence-corrected chi connectivity index (χ2v) is 4.75. The van der Waals surface area contributed by atoms with E-state index < -0.39 is 0 Å². The van der Waals surface area contributed by atoms with E-state index in [1.165, 1.54) is 17.7 Å². The van der Waals surface area contributed by atoms with E-state index >= 15 is 0 Å². The van der Waals surface area contributed by atoms with E-state index in [0.717, 1.165) is 19.0 Å². The van der Waals surface area contributed by atoms with Gasteiger partial charge in [0.25, 0.3) is 0 Å². The standard InChI is InChI=1S/C12H17ClN2/c1-3-9-6-15(7-9)12-5-10(13)11(14)4-8(12)2/h4-5,9H,3,6-7,14H2,1-2H3. The van der Waals surface area contributed by atoms with Crippen molar-refractivity contribution in [3.8, 4) is 0 Å². The van der Waals surface area contributed by atoms with E-state index in [9.17, 15) is 0 Å². The maximum Gasteiger partial charge on any atom is 0.0656 e. The van der Waals surface area contributed by atoms with Gasteiger partial charge in [-0.05, 0) is 37.0 Å². The molecule has 15 heavy (non-hydrogen) atoms. The highest BCUT2D eigenvalue weighted by atomic mass is 35.5. The summed E-state index contributed by atoms with van der Waals surface area (Å²) in [5, 5.41) is 0.663. The number of benzene rings is 1. The van der Waals surface area contributed by atoms with Crippen molar-refractivity contribution < 1.29 is 0 Å². The molecule has 3 heteroatoms. The van der Waals surface area contributed by atoms with Gasteiger partial charge in [0.2, 0.25) is 0 Å². The molecule has 1 aromatic carbocycles. The third-order valence-electron chi connectivity index (χ3n) is 3.19. The minimum absolute atomic E-state index is 0.663. The highest BCUT2D eigenvalue weighted by Crippen LogP contribution is 2.33. The lowest BCUT2D eigenvalue weighted by Gasteiger charge is -2.41. The molecule has 0 aliphatic carbocycles. The zero-order valence-corrected chi connectivity index (χ0v) is 10.0. The van der Waals surface area contributed by atoms with Gasteiger partial charge >= 0.3 is 0 Å². The second kappa shape index (κ2) is 3.93. The topological polar surface area (TPSA) is 29.3 Å². The molecular formula is C12H17ClN2. The Kier molecular flexibility index (Phi) is 2.79. The fourth-order valence-corrected chi connectivity index (χ4v) is 2.22. The molecule has 1 heterocycles. The molecular weight excluding hydrogens is 208 g/mol. The fourth-order valence-electron chi connectivity index (χ4n) is 2.06. The van der Waals surface area contributed by atoms with Crippen LogP contribution in [0.15, 0.2) is 12.1 Å². The lowest BCUT2D eigenvalue weighted by Crippen LogP contribution is -2.46. The summed E-state index contributed by atoms with van der Waals surface area (Å²) in [5.41, 5.74) is 8.87. The van der Waals surface area contributed by atoms with Gasteiger partial charge < -0.3 is 10.6 Å². The van der Waals surface area contributed by atoms with Gasteiger partial charge in [-0.2, -0.15) is 0 Å². The molecule has 1 aromatic rings. The van der Waals surface area contributed by atoms with E-state index in [4.69, 9.17) is 17.3 Å². The van der Waals surface area contributed by atoms with Gasteiger partial charge in [0.15, 0.2) is 0 Å². The van der Waals surface area contributed by atoms with Crippen molar-refractivity contribution in [3.63, 3.8) is 0 Å². The minimum Gasteiger partial charge on any atom is -0.398 e. The lowest BCUT2D eigenvalue weighted by molar-refractivity contribution is 0.398. The first kappa shape index (κ1) is 10.6. The van der Waals surface area contributed by atoms with E-state index in [1.54, 1.807) is 0 Å². The third-order valence-corrected chi connectivity index (χ3v) is 3.52. The molecule has 0 unspecified atom stereocenters. The number of hydrogen-bond donors (Lipinski definition) is 1. The van der Waals surface area contributed by atoms with Crippen LogP contribution < -0.4 is 10.6 Å².